The maximum absolute atomic E-state index is 13.1. The molecule has 0 aromatic heterocycles. The van der Waals surface area contributed by atoms with Gasteiger partial charge in [0.1, 0.15) is 12.4 Å². The van der Waals surface area contributed by atoms with Crippen molar-refractivity contribution in [3.8, 4) is 0 Å². The van der Waals surface area contributed by atoms with Crippen LogP contribution in [0.5, 0.6) is 0 Å². The molecular formula is C18H14FN5O3. The molecule has 2 aromatic carbocycles. The number of para-hydroxylation sites is 1. The Balaban J connectivity index is 1.49. The van der Waals surface area contributed by atoms with E-state index in [1.807, 2.05) is 6.07 Å². The second kappa shape index (κ2) is 6.60. The highest BCUT2D eigenvalue weighted by molar-refractivity contribution is 6.25. The molecule has 0 unspecified atom stereocenters. The predicted octanol–water partition coefficient (Wildman–Crippen LogP) is 1.76. The average Bonchev–Trinajstić information content (AvgIpc) is 3.17. The summed E-state index contributed by atoms with van der Waals surface area (Å²) >= 11 is 0. The van der Waals surface area contributed by atoms with Crippen LogP contribution in [0.2, 0.25) is 0 Å². The predicted molar refractivity (Wildman–Crippen MR) is 93.1 cm³/mol. The lowest BCUT2D eigenvalue weighted by Gasteiger charge is -2.20. The van der Waals surface area contributed by atoms with Gasteiger partial charge in [0.25, 0.3) is 11.8 Å². The Morgan fingerprint density at radius 1 is 1.04 bits per heavy atom. The number of anilines is 2. The number of amides is 3. The summed E-state index contributed by atoms with van der Waals surface area (Å²) in [5.74, 6) is -1.96. The smallest absolute Gasteiger partial charge is 0.263 e. The Labute approximate surface area is 153 Å². The zero-order valence-electron chi connectivity index (χ0n) is 13.9. The van der Waals surface area contributed by atoms with Crippen molar-refractivity contribution >= 4 is 29.1 Å². The van der Waals surface area contributed by atoms with Gasteiger partial charge in [0, 0.05) is 5.69 Å². The molecule has 1 N–H and O–H groups in total. The van der Waals surface area contributed by atoms with E-state index < -0.39 is 29.7 Å². The van der Waals surface area contributed by atoms with Crippen LogP contribution >= 0.6 is 0 Å². The molecule has 2 aliphatic rings. The highest BCUT2D eigenvalue weighted by Gasteiger charge is 2.55. The van der Waals surface area contributed by atoms with E-state index in [2.05, 4.69) is 15.7 Å². The van der Waals surface area contributed by atoms with Crippen molar-refractivity contribution < 1.29 is 18.8 Å². The highest BCUT2D eigenvalue weighted by Crippen LogP contribution is 2.31. The second-order valence-corrected chi connectivity index (χ2v) is 6.09. The summed E-state index contributed by atoms with van der Waals surface area (Å²) in [6.45, 7) is -0.226. The molecule has 3 amide bonds. The Bertz CT molecular complexity index is 932. The molecular weight excluding hydrogens is 353 g/mol. The van der Waals surface area contributed by atoms with Crippen molar-refractivity contribution in [1.29, 1.82) is 0 Å². The van der Waals surface area contributed by atoms with E-state index in [1.54, 1.807) is 24.3 Å². The van der Waals surface area contributed by atoms with Gasteiger partial charge in [0.2, 0.25) is 5.91 Å². The first-order valence-electron chi connectivity index (χ1n) is 8.20. The van der Waals surface area contributed by atoms with Crippen LogP contribution in [0.25, 0.3) is 0 Å². The summed E-state index contributed by atoms with van der Waals surface area (Å²) in [6.07, 6.45) is 0. The number of imide groups is 1. The molecule has 9 heteroatoms. The first kappa shape index (κ1) is 16.8. The monoisotopic (exact) mass is 367 g/mol. The molecule has 2 aliphatic heterocycles. The number of benzene rings is 2. The molecule has 1 fully saturated rings. The minimum absolute atomic E-state index is 0.226. The van der Waals surface area contributed by atoms with Gasteiger partial charge in [-0.2, -0.15) is 5.11 Å². The maximum atomic E-state index is 13.1. The number of carbonyl (C=O) groups is 3. The molecule has 0 radical (unpaired) electrons. The molecule has 4 rings (SSSR count). The average molecular weight is 367 g/mol. The van der Waals surface area contributed by atoms with Crippen molar-refractivity contribution in [2.24, 2.45) is 10.3 Å². The highest BCUT2D eigenvalue weighted by atomic mass is 19.1. The van der Waals surface area contributed by atoms with Gasteiger partial charge >= 0.3 is 0 Å². The molecule has 2 aromatic rings. The lowest BCUT2D eigenvalue weighted by atomic mass is 10.1. The summed E-state index contributed by atoms with van der Waals surface area (Å²) in [5.41, 5.74) is 0.863. The van der Waals surface area contributed by atoms with E-state index in [4.69, 9.17) is 0 Å². The fourth-order valence-corrected chi connectivity index (χ4v) is 3.07. The molecule has 136 valence electrons. The summed E-state index contributed by atoms with van der Waals surface area (Å²) < 4.78 is 13.1. The fourth-order valence-electron chi connectivity index (χ4n) is 3.07. The van der Waals surface area contributed by atoms with Gasteiger partial charge in [-0.25, -0.2) is 9.29 Å². The van der Waals surface area contributed by atoms with Crippen molar-refractivity contribution in [2.45, 2.75) is 12.1 Å². The summed E-state index contributed by atoms with van der Waals surface area (Å²) in [4.78, 5) is 38.5. The van der Waals surface area contributed by atoms with Gasteiger partial charge in [-0.05, 0) is 36.4 Å². The third-order valence-corrected chi connectivity index (χ3v) is 4.31. The molecule has 0 bridgehead atoms. The van der Waals surface area contributed by atoms with Crippen LogP contribution in [-0.4, -0.2) is 41.4 Å². The number of nitrogens with one attached hydrogen (secondary N) is 1. The fraction of sp³-hybridized carbons (Fsp3) is 0.167. The normalized spacial score (nSPS) is 20.9. The van der Waals surface area contributed by atoms with Crippen molar-refractivity contribution in [1.82, 2.24) is 5.01 Å². The number of hydrogen-bond donors (Lipinski definition) is 1. The number of fused-ring (bicyclic) bond motifs is 1. The van der Waals surface area contributed by atoms with E-state index in [0.29, 0.717) is 5.69 Å². The number of halogens is 1. The molecule has 2 heterocycles. The topological polar surface area (TPSA) is 94.4 Å². The zero-order valence-corrected chi connectivity index (χ0v) is 13.9. The Morgan fingerprint density at radius 3 is 2.44 bits per heavy atom. The summed E-state index contributed by atoms with van der Waals surface area (Å²) in [6, 6.07) is 11.9. The SMILES string of the molecule is O=C(CN1N=N[C@@H]2C(=O)N(c3ccc(F)cc3)C(=O)[C@H]21)Nc1ccccc1. The van der Waals surface area contributed by atoms with Crippen LogP contribution < -0.4 is 10.2 Å². The largest absolute Gasteiger partial charge is 0.324 e. The molecule has 0 spiro atoms. The minimum Gasteiger partial charge on any atom is -0.324 e. The third-order valence-electron chi connectivity index (χ3n) is 4.31. The zero-order chi connectivity index (χ0) is 19.0. The van der Waals surface area contributed by atoms with E-state index in [-0.39, 0.29) is 18.1 Å². The van der Waals surface area contributed by atoms with E-state index in [1.165, 1.54) is 17.1 Å². The molecule has 1 saturated heterocycles. The maximum Gasteiger partial charge on any atom is 0.263 e. The molecule has 8 nitrogen and oxygen atoms in total. The first-order chi connectivity index (χ1) is 13.0. The van der Waals surface area contributed by atoms with Crippen LogP contribution in [-0.2, 0) is 14.4 Å². The number of nitrogens with zero attached hydrogens (tertiary/aromatic N) is 4. The quantitative estimate of drug-likeness (QED) is 0.833. The van der Waals surface area contributed by atoms with Gasteiger partial charge in [0.15, 0.2) is 12.1 Å². The number of rotatable bonds is 4. The van der Waals surface area contributed by atoms with Gasteiger partial charge < -0.3 is 5.32 Å². The lowest BCUT2D eigenvalue weighted by Crippen LogP contribution is -2.43. The van der Waals surface area contributed by atoms with Crippen LogP contribution in [0.3, 0.4) is 0 Å². The minimum atomic E-state index is -1.01. The van der Waals surface area contributed by atoms with Crippen LogP contribution in [0.1, 0.15) is 0 Å². The first-order valence-corrected chi connectivity index (χ1v) is 8.20. The van der Waals surface area contributed by atoms with E-state index in [0.717, 1.165) is 17.0 Å². The van der Waals surface area contributed by atoms with Crippen LogP contribution in [0.15, 0.2) is 64.9 Å². The summed E-state index contributed by atoms with van der Waals surface area (Å²) in [7, 11) is 0. The van der Waals surface area contributed by atoms with Gasteiger partial charge in [-0.15, -0.1) is 0 Å². The Kier molecular flexibility index (Phi) is 4.11. The molecule has 2 atom stereocenters. The summed E-state index contributed by atoms with van der Waals surface area (Å²) in [5, 5.41) is 11.6. The third kappa shape index (κ3) is 3.03. The van der Waals surface area contributed by atoms with Gasteiger partial charge in [-0.3, -0.25) is 19.4 Å². The van der Waals surface area contributed by atoms with E-state index in [9.17, 15) is 18.8 Å². The van der Waals surface area contributed by atoms with Crippen molar-refractivity contribution in [3.05, 3.63) is 60.4 Å². The van der Waals surface area contributed by atoms with E-state index >= 15 is 0 Å². The number of carbonyl (C=O) groups excluding carboxylic acids is 3. The Hall–Kier alpha value is -3.62. The second-order valence-electron chi connectivity index (χ2n) is 6.09. The van der Waals surface area contributed by atoms with Crippen LogP contribution in [0, 0.1) is 5.82 Å². The van der Waals surface area contributed by atoms with Gasteiger partial charge in [0.05, 0.1) is 5.69 Å². The molecule has 0 saturated carbocycles. The number of hydrogen-bond acceptors (Lipinski definition) is 6. The lowest BCUT2D eigenvalue weighted by molar-refractivity contribution is -0.123. The van der Waals surface area contributed by atoms with Crippen molar-refractivity contribution in [3.63, 3.8) is 0 Å². The van der Waals surface area contributed by atoms with Gasteiger partial charge in [-0.1, -0.05) is 23.4 Å². The van der Waals surface area contributed by atoms with Crippen LogP contribution in [0.4, 0.5) is 15.8 Å². The van der Waals surface area contributed by atoms with Crippen molar-refractivity contribution in [2.75, 3.05) is 16.8 Å². The molecule has 27 heavy (non-hydrogen) atoms. The molecule has 0 aliphatic carbocycles. The Morgan fingerprint density at radius 2 is 1.74 bits per heavy atom. The standard InChI is InChI=1S/C18H14FN5O3/c19-11-6-8-13(9-7-11)24-17(26)15-16(18(24)27)23(22-21-15)10-14(25)20-12-4-2-1-3-5-12/h1-9,15-16H,10H2,(H,20,25)/t15-,16-/m0/s1.